The first-order valence-electron chi connectivity index (χ1n) is 6.47. The molecule has 3 rings (SSSR count). The molecule has 5 nitrogen and oxygen atoms in total. The highest BCUT2D eigenvalue weighted by atomic mass is 79.9. The number of halogens is 1. The number of hydrogen-bond donors (Lipinski definition) is 2. The molecule has 0 saturated carbocycles. The molecule has 110 valence electrons. The van der Waals surface area contributed by atoms with Gasteiger partial charge in [0.15, 0.2) is 0 Å². The molecule has 6 heteroatoms. The fraction of sp³-hybridized carbons (Fsp3) is 0. The van der Waals surface area contributed by atoms with Crippen molar-refractivity contribution in [1.29, 1.82) is 0 Å². The molecule has 0 aromatic heterocycles. The number of amides is 2. The molecule has 1 aliphatic rings. The molecule has 0 aliphatic carbocycles. The highest BCUT2D eigenvalue weighted by molar-refractivity contribution is 9.10. The number of carbonyl (C=O) groups is 2. The highest BCUT2D eigenvalue weighted by Gasteiger charge is 2.34. The van der Waals surface area contributed by atoms with E-state index >= 15 is 0 Å². The predicted molar refractivity (Wildman–Crippen MR) is 85.9 cm³/mol. The van der Waals surface area contributed by atoms with Crippen LogP contribution in [-0.4, -0.2) is 16.9 Å². The third-order valence-corrected chi connectivity index (χ3v) is 3.69. The van der Waals surface area contributed by atoms with E-state index in [1.165, 1.54) is 17.2 Å². The van der Waals surface area contributed by atoms with Gasteiger partial charge in [0.1, 0.15) is 11.3 Å². The number of hydrazine groups is 1. The van der Waals surface area contributed by atoms with Crippen LogP contribution in [0.5, 0.6) is 5.75 Å². The van der Waals surface area contributed by atoms with Crippen molar-refractivity contribution in [1.82, 2.24) is 5.43 Å². The number of hydrogen-bond acceptors (Lipinski definition) is 3. The summed E-state index contributed by atoms with van der Waals surface area (Å²) in [5.74, 6) is -0.962. The van der Waals surface area contributed by atoms with E-state index in [-0.39, 0.29) is 11.3 Å². The number of benzene rings is 2. The van der Waals surface area contributed by atoms with Crippen LogP contribution in [0.25, 0.3) is 6.08 Å². The molecule has 2 aromatic rings. The summed E-state index contributed by atoms with van der Waals surface area (Å²) in [6.45, 7) is 0. The fourth-order valence-corrected chi connectivity index (χ4v) is 2.51. The SMILES string of the molecule is O=C1NN(c2cccc(Br)c2)C(=O)/C1=C/c1ccccc1O. The van der Waals surface area contributed by atoms with Crippen LogP contribution in [0.2, 0.25) is 0 Å². The molecule has 1 aliphatic heterocycles. The lowest BCUT2D eigenvalue weighted by Crippen LogP contribution is -2.35. The molecule has 22 heavy (non-hydrogen) atoms. The first-order valence-corrected chi connectivity index (χ1v) is 7.26. The summed E-state index contributed by atoms with van der Waals surface area (Å²) >= 11 is 3.32. The van der Waals surface area contributed by atoms with E-state index in [2.05, 4.69) is 21.4 Å². The molecule has 2 N–H and O–H groups in total. The zero-order valence-corrected chi connectivity index (χ0v) is 12.9. The van der Waals surface area contributed by atoms with Crippen LogP contribution in [-0.2, 0) is 9.59 Å². The maximum atomic E-state index is 12.4. The molecule has 0 atom stereocenters. The number of phenolic OH excluding ortho intramolecular Hbond substituents is 1. The van der Waals surface area contributed by atoms with E-state index in [1.54, 1.807) is 36.4 Å². The first kappa shape index (κ1) is 14.3. The van der Waals surface area contributed by atoms with Gasteiger partial charge in [0.2, 0.25) is 0 Å². The van der Waals surface area contributed by atoms with Crippen molar-refractivity contribution in [3.05, 3.63) is 64.1 Å². The van der Waals surface area contributed by atoms with E-state index in [0.717, 1.165) is 4.47 Å². The number of phenols is 1. The minimum atomic E-state index is -0.506. The van der Waals surface area contributed by atoms with Crippen LogP contribution in [0, 0.1) is 0 Å². The lowest BCUT2D eigenvalue weighted by molar-refractivity contribution is -0.117. The van der Waals surface area contributed by atoms with Gasteiger partial charge < -0.3 is 5.11 Å². The largest absolute Gasteiger partial charge is 0.507 e. The number of para-hydroxylation sites is 1. The topological polar surface area (TPSA) is 69.6 Å². The van der Waals surface area contributed by atoms with E-state index in [1.807, 2.05) is 6.07 Å². The van der Waals surface area contributed by atoms with Crippen molar-refractivity contribution in [3.63, 3.8) is 0 Å². The Morgan fingerprint density at radius 1 is 1.09 bits per heavy atom. The van der Waals surface area contributed by atoms with Crippen LogP contribution in [0.3, 0.4) is 0 Å². The number of nitrogens with zero attached hydrogens (tertiary/aromatic N) is 1. The van der Waals surface area contributed by atoms with Crippen LogP contribution in [0.4, 0.5) is 5.69 Å². The van der Waals surface area contributed by atoms with Gasteiger partial charge in [0.25, 0.3) is 11.8 Å². The monoisotopic (exact) mass is 358 g/mol. The molecule has 2 aromatic carbocycles. The van der Waals surface area contributed by atoms with Crippen molar-refractivity contribution in [2.75, 3.05) is 5.01 Å². The van der Waals surface area contributed by atoms with E-state index in [0.29, 0.717) is 11.3 Å². The standard InChI is InChI=1S/C16H11BrN2O3/c17-11-5-3-6-12(9-11)19-16(22)13(15(21)18-19)8-10-4-1-2-7-14(10)20/h1-9,20H,(H,18,21)/b13-8+. The van der Waals surface area contributed by atoms with Crippen molar-refractivity contribution < 1.29 is 14.7 Å². The Bertz CT molecular complexity index is 801. The molecule has 1 saturated heterocycles. The van der Waals surface area contributed by atoms with Gasteiger partial charge in [-0.1, -0.05) is 40.2 Å². The minimum Gasteiger partial charge on any atom is -0.507 e. The Balaban J connectivity index is 1.97. The fourth-order valence-electron chi connectivity index (χ4n) is 2.12. The normalized spacial score (nSPS) is 16.2. The Morgan fingerprint density at radius 3 is 2.59 bits per heavy atom. The molecule has 0 spiro atoms. The van der Waals surface area contributed by atoms with Gasteiger partial charge in [-0.25, -0.2) is 5.01 Å². The van der Waals surface area contributed by atoms with Crippen molar-refractivity contribution in [3.8, 4) is 5.75 Å². The van der Waals surface area contributed by atoms with Crippen LogP contribution < -0.4 is 10.4 Å². The van der Waals surface area contributed by atoms with Gasteiger partial charge in [0.05, 0.1) is 5.69 Å². The van der Waals surface area contributed by atoms with Gasteiger partial charge in [-0.3, -0.25) is 15.0 Å². The summed E-state index contributed by atoms with van der Waals surface area (Å²) in [5.41, 5.74) is 3.45. The molecule has 2 amide bonds. The van der Waals surface area contributed by atoms with Gasteiger partial charge in [-0.15, -0.1) is 0 Å². The third kappa shape index (κ3) is 2.60. The minimum absolute atomic E-state index is 0.0107. The van der Waals surface area contributed by atoms with Crippen LogP contribution in [0.1, 0.15) is 5.56 Å². The molecule has 0 unspecified atom stereocenters. The molecule has 1 fully saturated rings. The summed E-state index contributed by atoms with van der Waals surface area (Å²) in [6.07, 6.45) is 1.38. The summed E-state index contributed by atoms with van der Waals surface area (Å²) in [6, 6.07) is 13.5. The second-order valence-corrected chi connectivity index (χ2v) is 5.59. The van der Waals surface area contributed by atoms with Crippen molar-refractivity contribution >= 4 is 39.5 Å². The van der Waals surface area contributed by atoms with Crippen molar-refractivity contribution in [2.24, 2.45) is 0 Å². The first-order chi connectivity index (χ1) is 10.6. The molecule has 0 radical (unpaired) electrons. The zero-order chi connectivity index (χ0) is 15.7. The lowest BCUT2D eigenvalue weighted by Gasteiger charge is -2.14. The number of anilines is 1. The van der Waals surface area contributed by atoms with E-state index in [9.17, 15) is 14.7 Å². The van der Waals surface area contributed by atoms with Gasteiger partial charge >= 0.3 is 0 Å². The Labute approximate surface area is 135 Å². The summed E-state index contributed by atoms with van der Waals surface area (Å²) in [4.78, 5) is 24.5. The highest BCUT2D eigenvalue weighted by Crippen LogP contribution is 2.26. The van der Waals surface area contributed by atoms with Crippen molar-refractivity contribution in [2.45, 2.75) is 0 Å². The van der Waals surface area contributed by atoms with Gasteiger partial charge in [-0.05, 0) is 30.3 Å². The van der Waals surface area contributed by atoms with Crippen LogP contribution >= 0.6 is 15.9 Å². The van der Waals surface area contributed by atoms with E-state index < -0.39 is 11.8 Å². The van der Waals surface area contributed by atoms with Crippen LogP contribution in [0.15, 0.2) is 58.6 Å². The maximum Gasteiger partial charge on any atom is 0.282 e. The summed E-state index contributed by atoms with van der Waals surface area (Å²) in [5, 5.41) is 10.9. The Hall–Kier alpha value is -2.60. The number of nitrogens with one attached hydrogen (secondary N) is 1. The zero-order valence-electron chi connectivity index (χ0n) is 11.3. The maximum absolute atomic E-state index is 12.4. The quantitative estimate of drug-likeness (QED) is 0.640. The smallest absolute Gasteiger partial charge is 0.282 e. The Morgan fingerprint density at radius 2 is 1.86 bits per heavy atom. The molecular formula is C16H11BrN2O3. The molecule has 0 bridgehead atoms. The second-order valence-electron chi connectivity index (χ2n) is 4.68. The lowest BCUT2D eigenvalue weighted by atomic mass is 10.1. The Kier molecular flexibility index (Phi) is 3.68. The second kappa shape index (κ2) is 5.65. The molecule has 1 heterocycles. The summed E-state index contributed by atoms with van der Waals surface area (Å²) in [7, 11) is 0. The third-order valence-electron chi connectivity index (χ3n) is 3.19. The van der Waals surface area contributed by atoms with Gasteiger partial charge in [0, 0.05) is 10.0 Å². The number of rotatable bonds is 2. The van der Waals surface area contributed by atoms with E-state index in [4.69, 9.17) is 0 Å². The molecular weight excluding hydrogens is 348 g/mol. The number of carbonyl (C=O) groups excluding carboxylic acids is 2. The average Bonchev–Trinajstić information content (AvgIpc) is 2.77. The predicted octanol–water partition coefficient (Wildman–Crippen LogP) is 2.62. The summed E-state index contributed by atoms with van der Waals surface area (Å²) < 4.78 is 0.796. The average molecular weight is 359 g/mol. The number of aromatic hydroxyl groups is 1. The van der Waals surface area contributed by atoms with Gasteiger partial charge in [-0.2, -0.15) is 0 Å².